The molecule has 5 rings (SSSR count). The number of anilines is 1. The zero-order valence-corrected chi connectivity index (χ0v) is 26.7. The molecular weight excluding hydrogens is 590 g/mol. The van der Waals surface area contributed by atoms with E-state index in [1.807, 2.05) is 43.4 Å². The first-order valence-corrected chi connectivity index (χ1v) is 15.6. The van der Waals surface area contributed by atoms with Gasteiger partial charge in [0, 0.05) is 61.5 Å². The Morgan fingerprint density at radius 1 is 1.09 bits per heavy atom. The van der Waals surface area contributed by atoms with Gasteiger partial charge in [0.15, 0.2) is 0 Å². The summed E-state index contributed by atoms with van der Waals surface area (Å²) in [5.74, 6) is -0.354. The lowest BCUT2D eigenvalue weighted by Crippen LogP contribution is -2.37. The summed E-state index contributed by atoms with van der Waals surface area (Å²) in [4.78, 5) is 41.2. The zero-order chi connectivity index (χ0) is 32.0. The molecule has 10 nitrogen and oxygen atoms in total. The smallest absolute Gasteiger partial charge is 0.207 e. The molecule has 1 aliphatic rings. The Labute approximate surface area is 269 Å². The number of aromatic amines is 1. The van der Waals surface area contributed by atoms with E-state index < -0.39 is 0 Å². The summed E-state index contributed by atoms with van der Waals surface area (Å²) in [6, 6.07) is 14.5. The largest absolute Gasteiger partial charge is 0.382 e. The first-order chi connectivity index (χ1) is 21.9. The van der Waals surface area contributed by atoms with Crippen LogP contribution in [0.2, 0.25) is 5.02 Å². The lowest BCUT2D eigenvalue weighted by atomic mass is 9.92. The van der Waals surface area contributed by atoms with Crippen molar-refractivity contribution in [3.63, 3.8) is 0 Å². The van der Waals surface area contributed by atoms with Crippen LogP contribution in [0.5, 0.6) is 0 Å². The van der Waals surface area contributed by atoms with E-state index in [1.54, 1.807) is 18.6 Å². The van der Waals surface area contributed by atoms with E-state index in [9.17, 15) is 14.4 Å². The summed E-state index contributed by atoms with van der Waals surface area (Å²) < 4.78 is 0. The van der Waals surface area contributed by atoms with E-state index in [4.69, 9.17) is 11.6 Å². The van der Waals surface area contributed by atoms with Gasteiger partial charge in [0.1, 0.15) is 12.6 Å². The van der Waals surface area contributed by atoms with Crippen LogP contribution < -0.4 is 10.6 Å². The third-order valence-corrected chi connectivity index (χ3v) is 8.36. The van der Waals surface area contributed by atoms with Crippen LogP contribution in [0, 0.1) is 5.92 Å². The van der Waals surface area contributed by atoms with Crippen LogP contribution in [0.15, 0.2) is 61.1 Å². The minimum Gasteiger partial charge on any atom is -0.382 e. The number of halogens is 1. The van der Waals surface area contributed by atoms with Gasteiger partial charge in [-0.25, -0.2) is 0 Å². The number of rotatable bonds is 14. The van der Waals surface area contributed by atoms with Gasteiger partial charge in [-0.15, -0.1) is 0 Å². The van der Waals surface area contributed by atoms with Crippen molar-refractivity contribution in [2.75, 3.05) is 32.5 Å². The molecule has 1 amide bonds. The van der Waals surface area contributed by atoms with E-state index in [0.717, 1.165) is 77.5 Å². The van der Waals surface area contributed by atoms with Gasteiger partial charge in [-0.05, 0) is 93.0 Å². The molecule has 2 aromatic carbocycles. The van der Waals surface area contributed by atoms with Crippen LogP contribution in [-0.4, -0.2) is 77.2 Å². The molecule has 238 valence electrons. The maximum Gasteiger partial charge on any atom is 0.207 e. The Morgan fingerprint density at radius 3 is 2.56 bits per heavy atom. The average molecular weight is 632 g/mol. The van der Waals surface area contributed by atoms with Gasteiger partial charge in [-0.3, -0.25) is 19.8 Å². The maximum absolute atomic E-state index is 11.3. The van der Waals surface area contributed by atoms with Crippen molar-refractivity contribution in [3.8, 4) is 0 Å². The molecule has 4 aromatic rings. The molecule has 0 radical (unpaired) electrons. The molecule has 3 N–H and O–H groups in total. The second-order valence-electron chi connectivity index (χ2n) is 11.6. The number of amides is 1. The van der Waals surface area contributed by atoms with Gasteiger partial charge in [-0.1, -0.05) is 29.8 Å². The monoisotopic (exact) mass is 631 g/mol. The van der Waals surface area contributed by atoms with Crippen molar-refractivity contribution < 1.29 is 14.4 Å². The van der Waals surface area contributed by atoms with Gasteiger partial charge >= 0.3 is 0 Å². The SMILES string of the molecule is CN(Cc1ccncc1)Cc1c(C[C@H](C=O)CC=O)cc(Cl)c2[nH]ncc12.CN1CCC(Nc2ccccc2CNC=O)CC1. The molecule has 0 aliphatic carbocycles. The summed E-state index contributed by atoms with van der Waals surface area (Å²) in [5, 5.41) is 14.9. The number of nitrogens with one attached hydrogen (secondary N) is 3. The Bertz CT molecular complexity index is 1520. The first kappa shape index (κ1) is 33.8. The molecular formula is C34H42ClN7O3. The number of aldehydes is 2. The molecule has 1 aliphatic heterocycles. The quantitative estimate of drug-likeness (QED) is 0.172. The molecule has 0 unspecified atom stereocenters. The number of aromatic nitrogens is 3. The predicted octanol–water partition coefficient (Wildman–Crippen LogP) is 4.63. The Hall–Kier alpha value is -4.12. The van der Waals surface area contributed by atoms with Gasteiger partial charge in [0.2, 0.25) is 6.41 Å². The van der Waals surface area contributed by atoms with Crippen LogP contribution in [0.25, 0.3) is 10.9 Å². The predicted molar refractivity (Wildman–Crippen MR) is 178 cm³/mol. The number of carbonyl (C=O) groups is 3. The molecule has 11 heteroatoms. The fourth-order valence-corrected chi connectivity index (χ4v) is 5.89. The summed E-state index contributed by atoms with van der Waals surface area (Å²) in [6.07, 6.45) is 10.7. The Balaban J connectivity index is 0.000000222. The number of nitrogens with zero attached hydrogens (tertiary/aromatic N) is 4. The Kier molecular flexibility index (Phi) is 13.0. The maximum atomic E-state index is 11.3. The summed E-state index contributed by atoms with van der Waals surface area (Å²) >= 11 is 6.40. The third kappa shape index (κ3) is 9.94. The molecule has 3 heterocycles. The average Bonchev–Trinajstić information content (AvgIpc) is 3.55. The lowest BCUT2D eigenvalue weighted by molar-refractivity contribution is -0.115. The van der Waals surface area contributed by atoms with Crippen LogP contribution in [0.4, 0.5) is 5.69 Å². The number of hydrogen-bond donors (Lipinski definition) is 3. The first-order valence-electron chi connectivity index (χ1n) is 15.2. The number of fused-ring (bicyclic) bond motifs is 1. The van der Waals surface area contributed by atoms with Gasteiger partial charge < -0.3 is 25.1 Å². The highest BCUT2D eigenvalue weighted by Crippen LogP contribution is 2.31. The molecule has 1 fully saturated rings. The summed E-state index contributed by atoms with van der Waals surface area (Å²) in [7, 11) is 4.20. The van der Waals surface area contributed by atoms with Crippen LogP contribution in [0.1, 0.15) is 41.5 Å². The summed E-state index contributed by atoms with van der Waals surface area (Å²) in [5.41, 5.74) is 6.26. The van der Waals surface area contributed by atoms with Gasteiger partial charge in [-0.2, -0.15) is 5.10 Å². The highest BCUT2D eigenvalue weighted by molar-refractivity contribution is 6.35. The number of carbonyl (C=O) groups excluding carboxylic acids is 3. The van der Waals surface area contributed by atoms with E-state index in [0.29, 0.717) is 30.6 Å². The number of hydrogen-bond acceptors (Lipinski definition) is 8. The van der Waals surface area contributed by atoms with E-state index in [2.05, 4.69) is 48.7 Å². The fraction of sp³-hybridized carbons (Fsp3) is 0.382. The number of para-hydroxylation sites is 1. The number of benzene rings is 2. The normalized spacial score (nSPS) is 14.4. The van der Waals surface area contributed by atoms with Crippen LogP contribution >= 0.6 is 11.6 Å². The lowest BCUT2D eigenvalue weighted by Gasteiger charge is -2.30. The Morgan fingerprint density at radius 2 is 1.84 bits per heavy atom. The van der Waals surface area contributed by atoms with Gasteiger partial charge in [0.05, 0.1) is 16.7 Å². The molecule has 2 aromatic heterocycles. The van der Waals surface area contributed by atoms with Crippen molar-refractivity contribution in [2.45, 2.75) is 51.4 Å². The van der Waals surface area contributed by atoms with Crippen LogP contribution in [0.3, 0.4) is 0 Å². The summed E-state index contributed by atoms with van der Waals surface area (Å²) in [6.45, 7) is 4.30. The topological polar surface area (TPSA) is 123 Å². The highest BCUT2D eigenvalue weighted by atomic mass is 35.5. The molecule has 1 atom stereocenters. The van der Waals surface area contributed by atoms with E-state index in [-0.39, 0.29) is 12.3 Å². The van der Waals surface area contributed by atoms with Crippen molar-refractivity contribution in [1.82, 2.24) is 30.3 Å². The van der Waals surface area contributed by atoms with Crippen LogP contribution in [-0.2, 0) is 40.4 Å². The number of likely N-dealkylation sites (tertiary alicyclic amines) is 1. The minimum atomic E-state index is -0.354. The highest BCUT2D eigenvalue weighted by Gasteiger charge is 2.19. The van der Waals surface area contributed by atoms with Crippen molar-refractivity contribution in [1.29, 1.82) is 0 Å². The van der Waals surface area contributed by atoms with Crippen molar-refractivity contribution in [2.24, 2.45) is 5.92 Å². The standard InChI is InChI=1S/C20H21ClN4O2.C14H21N3O/c1-25(11-14-2-5-22-6-3-14)12-18-16(8-15(13-27)4-7-26)9-19(21)20-17(18)10-23-24-20;1-17-8-6-13(7-9-17)16-14-5-3-2-4-12(14)10-15-11-18/h2-3,5-7,9-10,13,15H,4,8,11-12H2,1H3,(H,23,24);2-5,11,13,16H,6-10H2,1H3,(H,15,18)/t15-;/m1./s1. The zero-order valence-electron chi connectivity index (χ0n) is 25.9. The number of H-pyrrole nitrogens is 1. The molecule has 1 saturated heterocycles. The second-order valence-corrected chi connectivity index (χ2v) is 12.0. The molecule has 45 heavy (non-hydrogen) atoms. The number of piperidine rings is 1. The fourth-order valence-electron chi connectivity index (χ4n) is 5.61. The van der Waals surface area contributed by atoms with Crippen molar-refractivity contribution in [3.05, 3.63) is 88.3 Å². The van der Waals surface area contributed by atoms with E-state index >= 15 is 0 Å². The molecule has 0 spiro atoms. The van der Waals surface area contributed by atoms with E-state index in [1.165, 1.54) is 12.8 Å². The molecule has 0 bridgehead atoms. The second kappa shape index (κ2) is 17.4. The minimum absolute atomic E-state index is 0.205. The third-order valence-electron chi connectivity index (χ3n) is 8.07. The number of pyridine rings is 1. The molecule has 0 saturated carbocycles. The van der Waals surface area contributed by atoms with Gasteiger partial charge in [0.25, 0.3) is 0 Å². The van der Waals surface area contributed by atoms with Crippen molar-refractivity contribution >= 4 is 47.2 Å².